The normalized spacial score (nSPS) is 14.6. The number of ether oxygens (including phenoxy) is 1. The first-order valence-corrected chi connectivity index (χ1v) is 8.47. The van der Waals surface area contributed by atoms with Crippen LogP contribution in [0.3, 0.4) is 0 Å². The lowest BCUT2D eigenvalue weighted by atomic mass is 10.1. The van der Waals surface area contributed by atoms with E-state index in [4.69, 9.17) is 9.72 Å². The van der Waals surface area contributed by atoms with Gasteiger partial charge in [0.15, 0.2) is 5.82 Å². The zero-order valence-electron chi connectivity index (χ0n) is 14.5. The average molecular weight is 339 g/mol. The summed E-state index contributed by atoms with van der Waals surface area (Å²) in [5, 5.41) is 14.2. The zero-order valence-corrected chi connectivity index (χ0v) is 14.5. The lowest BCUT2D eigenvalue weighted by Crippen LogP contribution is -2.06. The molecule has 2 aromatic heterocycles. The standard InChI is InChI=1S/C18H21N5O2/c1-11(2)23-18(19-10-20-23)15-9-22-6-7-25-16-5-4-13(12(3)24)8-14(16)17(22)21-15/h4-5,8-12,24H,6-7H2,1-3H3. The van der Waals surface area contributed by atoms with Crippen LogP contribution < -0.4 is 4.74 Å². The van der Waals surface area contributed by atoms with Gasteiger partial charge in [-0.1, -0.05) is 6.07 Å². The molecular formula is C18H21N5O2. The molecule has 7 heteroatoms. The van der Waals surface area contributed by atoms with Crippen LogP contribution in [0.25, 0.3) is 22.9 Å². The maximum Gasteiger partial charge on any atom is 0.178 e. The van der Waals surface area contributed by atoms with Crippen LogP contribution in [0.4, 0.5) is 0 Å². The Labute approximate surface area is 145 Å². The van der Waals surface area contributed by atoms with E-state index >= 15 is 0 Å². The first-order valence-electron chi connectivity index (χ1n) is 8.47. The number of rotatable bonds is 3. The van der Waals surface area contributed by atoms with Crippen molar-refractivity contribution < 1.29 is 9.84 Å². The monoisotopic (exact) mass is 339 g/mol. The highest BCUT2D eigenvalue weighted by Gasteiger charge is 2.22. The molecule has 1 unspecified atom stereocenters. The maximum atomic E-state index is 9.91. The van der Waals surface area contributed by atoms with E-state index in [-0.39, 0.29) is 6.04 Å². The second kappa shape index (κ2) is 6.00. The number of aliphatic hydroxyl groups is 1. The van der Waals surface area contributed by atoms with Crippen molar-refractivity contribution in [2.24, 2.45) is 0 Å². The van der Waals surface area contributed by atoms with Crippen molar-refractivity contribution in [1.82, 2.24) is 24.3 Å². The molecular weight excluding hydrogens is 318 g/mol. The van der Waals surface area contributed by atoms with Crippen molar-refractivity contribution in [3.8, 4) is 28.7 Å². The number of aromatic nitrogens is 5. The number of nitrogens with zero attached hydrogens (tertiary/aromatic N) is 5. The summed E-state index contributed by atoms with van der Waals surface area (Å²) < 4.78 is 9.78. The Morgan fingerprint density at radius 2 is 2.04 bits per heavy atom. The van der Waals surface area contributed by atoms with E-state index in [1.807, 2.05) is 29.1 Å². The second-order valence-electron chi connectivity index (χ2n) is 6.55. The van der Waals surface area contributed by atoms with Crippen LogP contribution in [-0.2, 0) is 6.54 Å². The molecule has 4 rings (SSSR count). The molecule has 0 fully saturated rings. The Balaban J connectivity index is 1.85. The largest absolute Gasteiger partial charge is 0.491 e. The van der Waals surface area contributed by atoms with Gasteiger partial charge >= 0.3 is 0 Å². The van der Waals surface area contributed by atoms with Crippen molar-refractivity contribution >= 4 is 0 Å². The van der Waals surface area contributed by atoms with Crippen molar-refractivity contribution in [2.75, 3.05) is 6.61 Å². The SMILES string of the molecule is CC(O)c1ccc2c(c1)-c1nc(-c3ncnn3C(C)C)cn1CCO2. The Bertz CT molecular complexity index is 910. The number of hydrogen-bond acceptors (Lipinski definition) is 5. The number of aliphatic hydroxyl groups excluding tert-OH is 1. The van der Waals surface area contributed by atoms with Gasteiger partial charge in [-0.05, 0) is 38.5 Å². The minimum atomic E-state index is -0.541. The fourth-order valence-electron chi connectivity index (χ4n) is 3.08. The molecule has 1 N–H and O–H groups in total. The Morgan fingerprint density at radius 1 is 1.20 bits per heavy atom. The van der Waals surface area contributed by atoms with Gasteiger partial charge in [0.2, 0.25) is 0 Å². The van der Waals surface area contributed by atoms with Gasteiger partial charge in [0.25, 0.3) is 0 Å². The van der Waals surface area contributed by atoms with Crippen LogP contribution in [-0.4, -0.2) is 36.0 Å². The van der Waals surface area contributed by atoms with Crippen molar-refractivity contribution in [1.29, 1.82) is 0 Å². The predicted octanol–water partition coefficient (Wildman–Crippen LogP) is 2.84. The average Bonchev–Trinajstić information content (AvgIpc) is 3.18. The fraction of sp³-hybridized carbons (Fsp3) is 0.389. The van der Waals surface area contributed by atoms with Crippen LogP contribution >= 0.6 is 0 Å². The Morgan fingerprint density at radius 3 is 2.80 bits per heavy atom. The van der Waals surface area contributed by atoms with Gasteiger partial charge in [-0.15, -0.1) is 0 Å². The molecule has 7 nitrogen and oxygen atoms in total. The van der Waals surface area contributed by atoms with E-state index < -0.39 is 6.10 Å². The second-order valence-corrected chi connectivity index (χ2v) is 6.55. The summed E-state index contributed by atoms with van der Waals surface area (Å²) in [5.41, 5.74) is 2.51. The van der Waals surface area contributed by atoms with Gasteiger partial charge in [0.1, 0.15) is 30.2 Å². The fourth-order valence-corrected chi connectivity index (χ4v) is 3.08. The lowest BCUT2D eigenvalue weighted by molar-refractivity contribution is 0.199. The number of hydrogen-bond donors (Lipinski definition) is 1. The number of fused-ring (bicyclic) bond motifs is 3. The summed E-state index contributed by atoms with van der Waals surface area (Å²) in [7, 11) is 0. The van der Waals surface area contributed by atoms with E-state index in [1.165, 1.54) is 0 Å². The van der Waals surface area contributed by atoms with E-state index in [2.05, 4.69) is 28.5 Å². The lowest BCUT2D eigenvalue weighted by Gasteiger charge is -2.10. The quantitative estimate of drug-likeness (QED) is 0.794. The van der Waals surface area contributed by atoms with Crippen LogP contribution in [0, 0.1) is 0 Å². The minimum absolute atomic E-state index is 0.205. The highest BCUT2D eigenvalue weighted by molar-refractivity contribution is 5.69. The van der Waals surface area contributed by atoms with Crippen LogP contribution in [0.15, 0.2) is 30.7 Å². The molecule has 25 heavy (non-hydrogen) atoms. The third-order valence-corrected chi connectivity index (χ3v) is 4.38. The molecule has 130 valence electrons. The van der Waals surface area contributed by atoms with E-state index in [9.17, 15) is 5.11 Å². The first kappa shape index (κ1) is 15.8. The van der Waals surface area contributed by atoms with Crippen LogP contribution in [0.1, 0.15) is 38.5 Å². The van der Waals surface area contributed by atoms with Gasteiger partial charge in [-0.2, -0.15) is 5.10 Å². The van der Waals surface area contributed by atoms with E-state index in [1.54, 1.807) is 13.3 Å². The third kappa shape index (κ3) is 2.70. The molecule has 0 radical (unpaired) electrons. The van der Waals surface area contributed by atoms with Gasteiger partial charge in [0.05, 0.1) is 18.2 Å². The zero-order chi connectivity index (χ0) is 17.6. The van der Waals surface area contributed by atoms with Crippen LogP contribution in [0.2, 0.25) is 0 Å². The summed E-state index contributed by atoms with van der Waals surface area (Å²) in [6.45, 7) is 7.16. The Kier molecular flexibility index (Phi) is 3.80. The molecule has 0 aliphatic carbocycles. The highest BCUT2D eigenvalue weighted by atomic mass is 16.5. The van der Waals surface area contributed by atoms with Crippen molar-refractivity contribution in [2.45, 2.75) is 39.5 Å². The van der Waals surface area contributed by atoms with Gasteiger partial charge in [0, 0.05) is 12.2 Å². The van der Waals surface area contributed by atoms with Gasteiger partial charge in [-0.3, -0.25) is 0 Å². The smallest absolute Gasteiger partial charge is 0.178 e. The topological polar surface area (TPSA) is 78.0 Å². The maximum absolute atomic E-state index is 9.91. The molecule has 0 amide bonds. The summed E-state index contributed by atoms with van der Waals surface area (Å²) in [6, 6.07) is 5.94. The van der Waals surface area contributed by atoms with Gasteiger partial charge < -0.3 is 14.4 Å². The molecule has 3 aromatic rings. The predicted molar refractivity (Wildman–Crippen MR) is 93.2 cm³/mol. The summed E-state index contributed by atoms with van der Waals surface area (Å²) >= 11 is 0. The molecule has 0 saturated heterocycles. The molecule has 0 saturated carbocycles. The number of imidazole rings is 1. The third-order valence-electron chi connectivity index (χ3n) is 4.38. The molecule has 0 spiro atoms. The van der Waals surface area contributed by atoms with Crippen LogP contribution in [0.5, 0.6) is 5.75 Å². The van der Waals surface area contributed by atoms with Gasteiger partial charge in [-0.25, -0.2) is 14.6 Å². The summed E-state index contributed by atoms with van der Waals surface area (Å²) in [5.74, 6) is 2.36. The molecule has 1 aromatic carbocycles. The summed E-state index contributed by atoms with van der Waals surface area (Å²) in [6.07, 6.45) is 3.01. The molecule has 3 heterocycles. The highest BCUT2D eigenvalue weighted by Crippen LogP contribution is 2.35. The molecule has 1 atom stereocenters. The molecule has 1 aliphatic rings. The Hall–Kier alpha value is -2.67. The summed E-state index contributed by atoms with van der Waals surface area (Å²) in [4.78, 5) is 9.20. The van der Waals surface area contributed by atoms with Crippen molar-refractivity contribution in [3.63, 3.8) is 0 Å². The molecule has 1 aliphatic heterocycles. The van der Waals surface area contributed by atoms with Crippen molar-refractivity contribution in [3.05, 3.63) is 36.3 Å². The number of benzene rings is 1. The minimum Gasteiger partial charge on any atom is -0.491 e. The molecule has 0 bridgehead atoms. The first-order chi connectivity index (χ1) is 12.0. The van der Waals surface area contributed by atoms with E-state index in [0.29, 0.717) is 13.2 Å². The van der Waals surface area contributed by atoms with E-state index in [0.717, 1.165) is 34.2 Å².